The third-order valence-corrected chi connectivity index (χ3v) is 5.15. The quantitative estimate of drug-likeness (QED) is 0.604. The van der Waals surface area contributed by atoms with Crippen molar-refractivity contribution in [2.75, 3.05) is 11.9 Å². The summed E-state index contributed by atoms with van der Waals surface area (Å²) in [6, 6.07) is 2.50. The summed E-state index contributed by atoms with van der Waals surface area (Å²) < 4.78 is 30.4. The third-order valence-electron chi connectivity index (χ3n) is 5.15. The van der Waals surface area contributed by atoms with Gasteiger partial charge in [-0.1, -0.05) is 0 Å². The average molecular weight is 417 g/mol. The van der Waals surface area contributed by atoms with E-state index < -0.39 is 23.9 Å². The fourth-order valence-corrected chi connectivity index (χ4v) is 3.50. The molecule has 3 aromatic rings. The highest BCUT2D eigenvalue weighted by Crippen LogP contribution is 2.22. The Morgan fingerprint density at radius 1 is 1.33 bits per heavy atom. The first-order chi connectivity index (χ1) is 14.3. The first-order valence-electron chi connectivity index (χ1n) is 9.40. The van der Waals surface area contributed by atoms with Crippen LogP contribution in [0.4, 0.5) is 14.6 Å². The fourth-order valence-electron chi connectivity index (χ4n) is 3.50. The number of halogens is 2. The van der Waals surface area contributed by atoms with Gasteiger partial charge in [0, 0.05) is 19.2 Å². The number of anilines is 1. The summed E-state index contributed by atoms with van der Waals surface area (Å²) in [5, 5.41) is 17.5. The lowest BCUT2D eigenvalue weighted by atomic mass is 10.2. The van der Waals surface area contributed by atoms with Crippen molar-refractivity contribution in [1.82, 2.24) is 29.6 Å². The molecule has 1 unspecified atom stereocenters. The van der Waals surface area contributed by atoms with E-state index in [-0.39, 0.29) is 23.8 Å². The summed E-state index contributed by atoms with van der Waals surface area (Å²) in [7, 11) is 1.65. The van der Waals surface area contributed by atoms with Crippen LogP contribution < -0.4 is 10.2 Å². The van der Waals surface area contributed by atoms with E-state index in [0.717, 1.165) is 24.0 Å². The van der Waals surface area contributed by atoms with Gasteiger partial charge < -0.3 is 9.67 Å². The van der Waals surface area contributed by atoms with Crippen molar-refractivity contribution in [2.24, 2.45) is 0 Å². The Labute approximate surface area is 171 Å². The molecule has 1 aromatic carbocycles. The van der Waals surface area contributed by atoms with Crippen molar-refractivity contribution >= 4 is 11.7 Å². The van der Waals surface area contributed by atoms with Gasteiger partial charge in [0.15, 0.2) is 12.1 Å². The second-order valence-electron chi connectivity index (χ2n) is 7.16. The van der Waals surface area contributed by atoms with Crippen LogP contribution in [-0.4, -0.2) is 48.4 Å². The van der Waals surface area contributed by atoms with Crippen LogP contribution in [0.5, 0.6) is 0 Å². The topological polar surface area (TPSA) is 101 Å². The zero-order valence-electron chi connectivity index (χ0n) is 16.5. The van der Waals surface area contributed by atoms with Crippen LogP contribution in [0, 0.1) is 18.6 Å². The van der Waals surface area contributed by atoms with Crippen LogP contribution in [0.25, 0.3) is 0 Å². The van der Waals surface area contributed by atoms with Gasteiger partial charge in [0.05, 0.1) is 18.8 Å². The van der Waals surface area contributed by atoms with Gasteiger partial charge in [-0.15, -0.1) is 0 Å². The van der Waals surface area contributed by atoms with E-state index in [4.69, 9.17) is 0 Å². The number of hydrogen-bond acceptors (Lipinski definition) is 6. The van der Waals surface area contributed by atoms with E-state index in [9.17, 15) is 18.7 Å². The number of likely N-dealkylation sites (N-methyl/N-ethyl adjacent to an activating group) is 1. The zero-order chi connectivity index (χ0) is 21.4. The molecule has 0 saturated carbocycles. The lowest BCUT2D eigenvalue weighted by molar-refractivity contribution is -0.121. The fraction of sp³-hybridized carbons (Fsp3) is 0.368. The minimum absolute atomic E-state index is 0.0315. The number of benzene rings is 1. The van der Waals surface area contributed by atoms with Gasteiger partial charge in [0.2, 0.25) is 5.91 Å². The van der Waals surface area contributed by atoms with E-state index in [0.29, 0.717) is 18.8 Å². The molecule has 2 N–H and O–H groups in total. The Bertz CT molecular complexity index is 1080. The van der Waals surface area contributed by atoms with E-state index >= 15 is 0 Å². The van der Waals surface area contributed by atoms with Crippen LogP contribution in [0.3, 0.4) is 0 Å². The summed E-state index contributed by atoms with van der Waals surface area (Å²) in [4.78, 5) is 22.5. The molecular weight excluding hydrogens is 396 g/mol. The second kappa shape index (κ2) is 7.92. The molecule has 0 saturated heterocycles. The molecule has 3 heterocycles. The maximum atomic E-state index is 13.8. The number of hydrogen-bond donors (Lipinski definition) is 2. The van der Waals surface area contributed by atoms with Crippen LogP contribution in [0.15, 0.2) is 30.7 Å². The van der Waals surface area contributed by atoms with Crippen molar-refractivity contribution in [3.05, 3.63) is 59.6 Å². The van der Waals surface area contributed by atoms with Gasteiger partial charge in [0.1, 0.15) is 29.6 Å². The Hall–Kier alpha value is -3.18. The molecule has 2 atom stereocenters. The van der Waals surface area contributed by atoms with E-state index in [1.54, 1.807) is 13.2 Å². The molecule has 1 aliphatic heterocycles. The number of carbonyl (C=O) groups excluding carboxylic acids is 1. The summed E-state index contributed by atoms with van der Waals surface area (Å²) in [5.74, 6) is 0.192. The summed E-state index contributed by atoms with van der Waals surface area (Å²) >= 11 is 0. The molecular formula is C19H21F2N7O2. The SMILES string of the molecule is Cc1ncc2n1CC[C@@H](NC(O)c1ncn(Cc3cc(F)ccc3F)n1)C(=O)N2C. The molecule has 0 aliphatic carbocycles. The Morgan fingerprint density at radius 3 is 2.93 bits per heavy atom. The van der Waals surface area contributed by atoms with Crippen LogP contribution >= 0.6 is 0 Å². The van der Waals surface area contributed by atoms with Crippen LogP contribution in [-0.2, 0) is 17.9 Å². The van der Waals surface area contributed by atoms with Crippen molar-refractivity contribution < 1.29 is 18.7 Å². The molecule has 158 valence electrons. The number of rotatable bonds is 5. The van der Waals surface area contributed by atoms with Gasteiger partial charge in [-0.2, -0.15) is 5.10 Å². The number of nitrogens with zero attached hydrogens (tertiary/aromatic N) is 6. The molecule has 0 bridgehead atoms. The number of aryl methyl sites for hydroxylation is 1. The van der Waals surface area contributed by atoms with Gasteiger partial charge in [-0.05, 0) is 31.5 Å². The second-order valence-corrected chi connectivity index (χ2v) is 7.16. The van der Waals surface area contributed by atoms with Crippen molar-refractivity contribution in [2.45, 2.75) is 38.7 Å². The predicted octanol–water partition coefficient (Wildman–Crippen LogP) is 1.13. The summed E-state index contributed by atoms with van der Waals surface area (Å²) in [6.07, 6.45) is 2.09. The number of aliphatic hydroxyl groups excluding tert-OH is 1. The molecule has 11 heteroatoms. The Kier molecular flexibility index (Phi) is 5.31. The molecule has 0 fully saturated rings. The van der Waals surface area contributed by atoms with Crippen molar-refractivity contribution in [3.8, 4) is 0 Å². The highest BCUT2D eigenvalue weighted by atomic mass is 19.1. The molecule has 2 aromatic heterocycles. The van der Waals surface area contributed by atoms with Gasteiger partial charge >= 0.3 is 0 Å². The van der Waals surface area contributed by atoms with Crippen molar-refractivity contribution in [1.29, 1.82) is 0 Å². The Morgan fingerprint density at radius 2 is 2.13 bits per heavy atom. The Balaban J connectivity index is 1.45. The highest BCUT2D eigenvalue weighted by molar-refractivity contribution is 5.96. The molecule has 4 rings (SSSR count). The first-order valence-corrected chi connectivity index (χ1v) is 9.40. The standard InChI is InChI=1S/C19H21F2N7O2/c1-11-22-8-16-26(2)19(30)15(5-6-28(11)16)24-18(29)17-23-10-27(25-17)9-12-7-13(20)3-4-14(12)21/h3-4,7-8,10,15,18,24,29H,5-6,9H2,1-2H3/t15-,18?/m1/s1. The number of aliphatic hydroxyl groups is 1. The average Bonchev–Trinajstić information content (AvgIpc) is 3.31. The molecule has 30 heavy (non-hydrogen) atoms. The maximum Gasteiger partial charge on any atom is 0.245 e. The monoisotopic (exact) mass is 417 g/mol. The summed E-state index contributed by atoms with van der Waals surface area (Å²) in [6.45, 7) is 2.38. The minimum Gasteiger partial charge on any atom is -0.371 e. The number of imidazole rings is 1. The van der Waals surface area contributed by atoms with Crippen LogP contribution in [0.1, 0.15) is 29.9 Å². The van der Waals surface area contributed by atoms with Crippen molar-refractivity contribution in [3.63, 3.8) is 0 Å². The number of fused-ring (bicyclic) bond motifs is 1. The maximum absolute atomic E-state index is 13.8. The smallest absolute Gasteiger partial charge is 0.245 e. The molecule has 0 spiro atoms. The lowest BCUT2D eigenvalue weighted by Gasteiger charge is -2.22. The van der Waals surface area contributed by atoms with Gasteiger partial charge in [-0.25, -0.2) is 23.4 Å². The predicted molar refractivity (Wildman–Crippen MR) is 102 cm³/mol. The number of amides is 1. The zero-order valence-corrected chi connectivity index (χ0v) is 16.5. The largest absolute Gasteiger partial charge is 0.371 e. The van der Waals surface area contributed by atoms with E-state index in [1.165, 1.54) is 15.9 Å². The highest BCUT2D eigenvalue weighted by Gasteiger charge is 2.31. The first kappa shape index (κ1) is 20.1. The lowest BCUT2D eigenvalue weighted by Crippen LogP contribution is -2.45. The molecule has 0 radical (unpaired) electrons. The van der Waals surface area contributed by atoms with E-state index in [1.807, 2.05) is 11.5 Å². The summed E-state index contributed by atoms with van der Waals surface area (Å²) in [5.41, 5.74) is 0.111. The third kappa shape index (κ3) is 3.81. The minimum atomic E-state index is -1.30. The van der Waals surface area contributed by atoms with Gasteiger partial charge in [0.25, 0.3) is 0 Å². The normalized spacial score (nSPS) is 17.7. The van der Waals surface area contributed by atoms with E-state index in [2.05, 4.69) is 20.4 Å². The molecule has 9 nitrogen and oxygen atoms in total. The number of nitrogens with one attached hydrogen (secondary N) is 1. The van der Waals surface area contributed by atoms with Crippen LogP contribution in [0.2, 0.25) is 0 Å². The number of carbonyl (C=O) groups is 1. The number of aromatic nitrogens is 5. The molecule has 1 aliphatic rings. The van der Waals surface area contributed by atoms with Gasteiger partial charge in [-0.3, -0.25) is 15.0 Å². The molecule has 1 amide bonds.